The van der Waals surface area contributed by atoms with E-state index >= 15 is 0 Å². The second kappa shape index (κ2) is 6.41. The van der Waals surface area contributed by atoms with Crippen molar-refractivity contribution in [2.24, 2.45) is 5.73 Å². The van der Waals surface area contributed by atoms with E-state index in [0.29, 0.717) is 5.16 Å². The van der Waals surface area contributed by atoms with Gasteiger partial charge in [0.25, 0.3) is 0 Å². The van der Waals surface area contributed by atoms with E-state index in [1.165, 1.54) is 11.8 Å². The van der Waals surface area contributed by atoms with Crippen molar-refractivity contribution in [1.82, 2.24) is 15.2 Å². The van der Waals surface area contributed by atoms with Crippen molar-refractivity contribution in [2.75, 3.05) is 0 Å². The molecule has 1 atom stereocenters. The number of rotatable bonds is 5. The van der Waals surface area contributed by atoms with Gasteiger partial charge in [-0.05, 0) is 49.2 Å². The number of H-pyrrole nitrogens is 1. The van der Waals surface area contributed by atoms with Crippen LogP contribution in [0.5, 0.6) is 0 Å². The van der Waals surface area contributed by atoms with Gasteiger partial charge in [0.2, 0.25) is 5.16 Å². The number of aryl methyl sites for hydroxylation is 1. The predicted octanol–water partition coefficient (Wildman–Crippen LogP) is 3.20. The van der Waals surface area contributed by atoms with Crippen molar-refractivity contribution in [2.45, 2.75) is 42.8 Å². The summed E-state index contributed by atoms with van der Waals surface area (Å²) in [4.78, 5) is 5.36. The van der Waals surface area contributed by atoms with Gasteiger partial charge in [-0.2, -0.15) is 0 Å². The molecular formula is C13H17ClN4S. The number of hydrogen-bond acceptors (Lipinski definition) is 4. The normalized spacial score (nSPS) is 12.6. The molecule has 0 aliphatic heterocycles. The molecule has 2 aromatic rings. The Morgan fingerprint density at radius 1 is 1.47 bits per heavy atom. The minimum absolute atomic E-state index is 0.119. The molecule has 0 saturated carbocycles. The van der Waals surface area contributed by atoms with Crippen molar-refractivity contribution in [3.05, 3.63) is 34.6 Å². The lowest BCUT2D eigenvalue weighted by Crippen LogP contribution is -2.21. The molecule has 0 fully saturated rings. The van der Waals surface area contributed by atoms with Gasteiger partial charge < -0.3 is 5.73 Å². The van der Waals surface area contributed by atoms with Crippen LogP contribution in [-0.2, 0) is 6.42 Å². The Balaban J connectivity index is 2.26. The Bertz CT molecular complexity index is 555. The lowest BCUT2D eigenvalue weighted by molar-refractivity contribution is 0.641. The molecule has 1 aromatic heterocycles. The molecule has 6 heteroatoms. The number of hydrogen-bond donors (Lipinski definition) is 2. The fourth-order valence-electron chi connectivity index (χ4n) is 1.71. The first-order valence-electron chi connectivity index (χ1n) is 6.20. The summed E-state index contributed by atoms with van der Waals surface area (Å²) in [7, 11) is 0. The Morgan fingerprint density at radius 3 is 2.89 bits per heavy atom. The molecule has 1 heterocycles. The first-order chi connectivity index (χ1) is 9.10. The van der Waals surface area contributed by atoms with Crippen molar-refractivity contribution in [1.29, 1.82) is 0 Å². The molecule has 0 aliphatic rings. The van der Waals surface area contributed by atoms with Crippen LogP contribution in [-0.4, -0.2) is 21.2 Å². The second-order valence-electron chi connectivity index (χ2n) is 4.39. The van der Waals surface area contributed by atoms with Crippen LogP contribution < -0.4 is 5.73 Å². The number of nitrogens with zero attached hydrogens (tertiary/aromatic N) is 2. The molecule has 19 heavy (non-hydrogen) atoms. The molecule has 0 radical (unpaired) electrons. The molecule has 0 bridgehead atoms. The van der Waals surface area contributed by atoms with Crippen LogP contribution >= 0.6 is 23.4 Å². The largest absolute Gasteiger partial charge is 0.327 e. The average Bonchev–Trinajstić information content (AvgIpc) is 2.79. The first-order valence-corrected chi connectivity index (χ1v) is 7.39. The molecule has 0 spiro atoms. The quantitative estimate of drug-likeness (QED) is 0.889. The molecule has 102 valence electrons. The van der Waals surface area contributed by atoms with Crippen LogP contribution in [0, 0.1) is 6.92 Å². The van der Waals surface area contributed by atoms with E-state index in [0.717, 1.165) is 34.1 Å². The third-order valence-corrected chi connectivity index (χ3v) is 4.17. The Kier molecular flexibility index (Phi) is 4.85. The highest BCUT2D eigenvalue weighted by molar-refractivity contribution is 7.99. The van der Waals surface area contributed by atoms with E-state index in [4.69, 9.17) is 17.3 Å². The molecule has 0 saturated heterocycles. The van der Waals surface area contributed by atoms with E-state index in [9.17, 15) is 0 Å². The van der Waals surface area contributed by atoms with Crippen LogP contribution in [0.4, 0.5) is 0 Å². The van der Waals surface area contributed by atoms with Crippen LogP contribution in [0.25, 0.3) is 0 Å². The zero-order valence-corrected chi connectivity index (χ0v) is 12.6. The molecule has 3 N–H and O–H groups in total. The van der Waals surface area contributed by atoms with Crippen LogP contribution in [0.3, 0.4) is 0 Å². The van der Waals surface area contributed by atoms with Gasteiger partial charge in [-0.15, -0.1) is 5.10 Å². The number of halogens is 1. The topological polar surface area (TPSA) is 67.6 Å². The number of nitrogens with two attached hydrogens (primary N) is 1. The van der Waals surface area contributed by atoms with Gasteiger partial charge in [-0.3, -0.25) is 5.10 Å². The Morgan fingerprint density at radius 2 is 2.26 bits per heavy atom. The molecule has 4 nitrogen and oxygen atoms in total. The van der Waals surface area contributed by atoms with E-state index in [1.54, 1.807) is 0 Å². The molecule has 1 unspecified atom stereocenters. The van der Waals surface area contributed by atoms with Gasteiger partial charge >= 0.3 is 0 Å². The fraction of sp³-hybridized carbons (Fsp3) is 0.385. The molecular weight excluding hydrogens is 280 g/mol. The Labute approximate surface area is 122 Å². The summed E-state index contributed by atoms with van der Waals surface area (Å²) in [6, 6.07) is 5.98. The monoisotopic (exact) mass is 296 g/mol. The fourth-order valence-corrected chi connectivity index (χ4v) is 2.95. The van der Waals surface area contributed by atoms with Crippen LogP contribution in [0.2, 0.25) is 5.02 Å². The van der Waals surface area contributed by atoms with E-state index in [2.05, 4.69) is 22.1 Å². The van der Waals surface area contributed by atoms with Gasteiger partial charge in [-0.25, -0.2) is 4.98 Å². The standard InChI is InChI=1S/C13H17ClN4S/c1-3-9(15)7-10-11(14)5-4-6-12(10)19-13-16-8(2)17-18-13/h4-6,9H,3,7,15H2,1-2H3,(H,16,17,18). The minimum atomic E-state index is 0.119. The number of benzene rings is 1. The lowest BCUT2D eigenvalue weighted by Gasteiger charge is -2.13. The molecule has 2 rings (SSSR count). The minimum Gasteiger partial charge on any atom is -0.327 e. The van der Waals surface area contributed by atoms with Crippen LogP contribution in [0.1, 0.15) is 24.7 Å². The number of nitrogens with one attached hydrogen (secondary N) is 1. The highest BCUT2D eigenvalue weighted by atomic mass is 35.5. The van der Waals surface area contributed by atoms with Crippen molar-refractivity contribution >= 4 is 23.4 Å². The summed E-state index contributed by atoms with van der Waals surface area (Å²) in [5.74, 6) is 0.802. The highest BCUT2D eigenvalue weighted by Crippen LogP contribution is 2.32. The summed E-state index contributed by atoms with van der Waals surface area (Å²) >= 11 is 7.79. The molecule has 0 amide bonds. The summed E-state index contributed by atoms with van der Waals surface area (Å²) in [5.41, 5.74) is 7.11. The average molecular weight is 297 g/mol. The molecule has 0 aliphatic carbocycles. The maximum absolute atomic E-state index is 6.28. The summed E-state index contributed by atoms with van der Waals surface area (Å²) < 4.78 is 0. The zero-order chi connectivity index (χ0) is 13.8. The van der Waals surface area contributed by atoms with E-state index in [1.807, 2.05) is 25.1 Å². The summed E-state index contributed by atoms with van der Waals surface area (Å²) in [5, 5.41) is 8.42. The van der Waals surface area contributed by atoms with Gasteiger partial charge in [0, 0.05) is 16.0 Å². The van der Waals surface area contributed by atoms with Crippen LogP contribution in [0.15, 0.2) is 28.3 Å². The van der Waals surface area contributed by atoms with Crippen molar-refractivity contribution in [3.63, 3.8) is 0 Å². The first kappa shape index (κ1) is 14.4. The summed E-state index contributed by atoms with van der Waals surface area (Å²) in [6.45, 7) is 3.95. The zero-order valence-electron chi connectivity index (χ0n) is 11.0. The predicted molar refractivity (Wildman–Crippen MR) is 78.7 cm³/mol. The van der Waals surface area contributed by atoms with Crippen molar-refractivity contribution < 1.29 is 0 Å². The van der Waals surface area contributed by atoms with Gasteiger partial charge in [0.1, 0.15) is 5.82 Å². The summed E-state index contributed by atoms with van der Waals surface area (Å²) in [6.07, 6.45) is 1.69. The van der Waals surface area contributed by atoms with Gasteiger partial charge in [-0.1, -0.05) is 24.6 Å². The molecule has 1 aromatic carbocycles. The van der Waals surface area contributed by atoms with Gasteiger partial charge in [0.05, 0.1) is 0 Å². The second-order valence-corrected chi connectivity index (χ2v) is 5.81. The number of aromatic nitrogens is 3. The van der Waals surface area contributed by atoms with E-state index in [-0.39, 0.29) is 6.04 Å². The lowest BCUT2D eigenvalue weighted by atomic mass is 10.0. The highest BCUT2D eigenvalue weighted by Gasteiger charge is 2.13. The Hall–Kier alpha value is -1.04. The third kappa shape index (κ3) is 3.72. The maximum atomic E-state index is 6.28. The van der Waals surface area contributed by atoms with Gasteiger partial charge in [0.15, 0.2) is 0 Å². The van der Waals surface area contributed by atoms with E-state index < -0.39 is 0 Å². The maximum Gasteiger partial charge on any atom is 0.213 e. The smallest absolute Gasteiger partial charge is 0.213 e. The SMILES string of the molecule is CCC(N)Cc1c(Cl)cccc1Sc1n[nH]c(C)n1. The van der Waals surface area contributed by atoms with Crippen molar-refractivity contribution in [3.8, 4) is 0 Å². The third-order valence-electron chi connectivity index (χ3n) is 2.84. The number of aromatic amines is 1.